The summed E-state index contributed by atoms with van der Waals surface area (Å²) in [7, 11) is 0. The van der Waals surface area contributed by atoms with E-state index in [1.165, 1.54) is 56.9 Å². The van der Waals surface area contributed by atoms with Gasteiger partial charge in [-0.2, -0.15) is 0 Å². The van der Waals surface area contributed by atoms with E-state index < -0.39 is 0 Å². The molecule has 0 unspecified atom stereocenters. The highest BCUT2D eigenvalue weighted by atomic mass is 19.1. The molecule has 0 bridgehead atoms. The Morgan fingerprint density at radius 1 is 0.966 bits per heavy atom. The molecule has 1 aromatic carbocycles. The first-order valence-corrected chi connectivity index (χ1v) is 11.8. The summed E-state index contributed by atoms with van der Waals surface area (Å²) in [5.41, 5.74) is 1.86. The van der Waals surface area contributed by atoms with Crippen molar-refractivity contribution in [3.05, 3.63) is 59.4 Å². The minimum Gasteiger partial charge on any atom is -0.373 e. The second kappa shape index (κ2) is 11.7. The number of ether oxygens (including phenoxy) is 1. The third-order valence-electron chi connectivity index (χ3n) is 7.14. The number of hydrogen-bond acceptors (Lipinski definition) is 1. The molecule has 0 aromatic heterocycles. The van der Waals surface area contributed by atoms with Gasteiger partial charge in [0.15, 0.2) is 0 Å². The number of halogens is 1. The topological polar surface area (TPSA) is 9.23 Å². The maximum Gasteiger partial charge on any atom is 0.129 e. The normalized spacial score (nSPS) is 28.4. The van der Waals surface area contributed by atoms with Crippen LogP contribution in [0.25, 0.3) is 0 Å². The predicted octanol–water partition coefficient (Wildman–Crippen LogP) is 7.96. The van der Waals surface area contributed by atoms with Gasteiger partial charge in [0.25, 0.3) is 0 Å². The quantitative estimate of drug-likeness (QED) is 0.319. The molecule has 0 aliphatic heterocycles. The van der Waals surface area contributed by atoms with Gasteiger partial charge in [-0.25, -0.2) is 4.39 Å². The van der Waals surface area contributed by atoms with E-state index in [0.29, 0.717) is 24.7 Å². The van der Waals surface area contributed by atoms with Gasteiger partial charge in [0.05, 0.1) is 13.2 Å². The van der Waals surface area contributed by atoms with Gasteiger partial charge in [-0.3, -0.25) is 0 Å². The SMILES string of the molecule is C/C=C/[C@H]1CC[C@H](C2CCC(c3ccc(COCC=CCC)c(F)c3)CC2)CC1. The molecular weight excluding hydrogens is 359 g/mol. The molecule has 0 amide bonds. The third-order valence-corrected chi connectivity index (χ3v) is 7.14. The first kappa shape index (κ1) is 22.3. The zero-order chi connectivity index (χ0) is 20.5. The molecule has 0 spiro atoms. The molecule has 2 heteroatoms. The Morgan fingerprint density at radius 3 is 2.28 bits per heavy atom. The van der Waals surface area contributed by atoms with Crippen molar-refractivity contribution in [2.45, 2.75) is 84.2 Å². The Labute approximate surface area is 177 Å². The molecule has 3 rings (SSSR count). The van der Waals surface area contributed by atoms with Crippen molar-refractivity contribution in [1.82, 2.24) is 0 Å². The van der Waals surface area contributed by atoms with E-state index in [1.807, 2.05) is 12.1 Å². The second-order valence-corrected chi connectivity index (χ2v) is 9.06. The molecule has 160 valence electrons. The summed E-state index contributed by atoms with van der Waals surface area (Å²) in [4.78, 5) is 0. The van der Waals surface area contributed by atoms with E-state index >= 15 is 0 Å². The van der Waals surface area contributed by atoms with Crippen LogP contribution in [0.4, 0.5) is 4.39 Å². The Kier molecular flexibility index (Phi) is 8.98. The van der Waals surface area contributed by atoms with Crippen molar-refractivity contribution in [2.75, 3.05) is 6.61 Å². The predicted molar refractivity (Wildman–Crippen MR) is 120 cm³/mol. The van der Waals surface area contributed by atoms with E-state index in [4.69, 9.17) is 4.74 Å². The zero-order valence-corrected chi connectivity index (χ0v) is 18.4. The number of benzene rings is 1. The second-order valence-electron chi connectivity index (χ2n) is 9.06. The van der Waals surface area contributed by atoms with E-state index in [-0.39, 0.29) is 5.82 Å². The summed E-state index contributed by atoms with van der Waals surface area (Å²) in [6.07, 6.45) is 20.3. The van der Waals surface area contributed by atoms with Crippen molar-refractivity contribution in [3.8, 4) is 0 Å². The minimum atomic E-state index is -0.105. The lowest BCUT2D eigenvalue weighted by molar-refractivity contribution is 0.145. The van der Waals surface area contributed by atoms with Crippen LogP contribution in [0.15, 0.2) is 42.5 Å². The first-order chi connectivity index (χ1) is 14.2. The summed E-state index contributed by atoms with van der Waals surface area (Å²) >= 11 is 0. The average Bonchev–Trinajstić information content (AvgIpc) is 2.75. The van der Waals surface area contributed by atoms with Crippen molar-refractivity contribution >= 4 is 0 Å². The molecule has 29 heavy (non-hydrogen) atoms. The van der Waals surface area contributed by atoms with Gasteiger partial charge in [-0.05, 0) is 100 Å². The van der Waals surface area contributed by atoms with Gasteiger partial charge in [-0.1, -0.05) is 43.4 Å². The Bertz CT molecular complexity index is 661. The minimum absolute atomic E-state index is 0.105. The Hall–Kier alpha value is -1.41. The summed E-state index contributed by atoms with van der Waals surface area (Å²) in [5, 5.41) is 0. The fourth-order valence-electron chi connectivity index (χ4n) is 5.41. The maximum absolute atomic E-state index is 14.5. The molecule has 1 aromatic rings. The van der Waals surface area contributed by atoms with Crippen LogP contribution in [0.3, 0.4) is 0 Å². The maximum atomic E-state index is 14.5. The molecule has 2 aliphatic rings. The molecule has 2 aliphatic carbocycles. The smallest absolute Gasteiger partial charge is 0.129 e. The van der Waals surface area contributed by atoms with E-state index in [2.05, 4.69) is 38.1 Å². The monoisotopic (exact) mass is 398 g/mol. The van der Waals surface area contributed by atoms with Gasteiger partial charge in [0.2, 0.25) is 0 Å². The van der Waals surface area contributed by atoms with Crippen LogP contribution in [0, 0.1) is 23.6 Å². The van der Waals surface area contributed by atoms with E-state index in [9.17, 15) is 4.39 Å². The van der Waals surface area contributed by atoms with Crippen LogP contribution in [0.2, 0.25) is 0 Å². The summed E-state index contributed by atoms with van der Waals surface area (Å²) < 4.78 is 20.1. The molecule has 0 saturated heterocycles. The van der Waals surface area contributed by atoms with Gasteiger partial charge in [-0.15, -0.1) is 0 Å². The fourth-order valence-corrected chi connectivity index (χ4v) is 5.41. The summed E-state index contributed by atoms with van der Waals surface area (Å²) in [6, 6.07) is 5.84. The molecule has 0 radical (unpaired) electrons. The van der Waals surface area contributed by atoms with E-state index in [1.54, 1.807) is 6.07 Å². The summed E-state index contributed by atoms with van der Waals surface area (Å²) in [6.45, 7) is 5.14. The van der Waals surface area contributed by atoms with Crippen molar-refractivity contribution in [3.63, 3.8) is 0 Å². The van der Waals surface area contributed by atoms with Crippen molar-refractivity contribution in [1.29, 1.82) is 0 Å². The number of allylic oxidation sites excluding steroid dienone is 3. The fraction of sp³-hybridized carbons (Fsp3) is 0.630. The van der Waals surface area contributed by atoms with E-state index in [0.717, 1.165) is 24.2 Å². The lowest BCUT2D eigenvalue weighted by Gasteiger charge is -2.37. The Morgan fingerprint density at radius 2 is 1.66 bits per heavy atom. The van der Waals surface area contributed by atoms with Gasteiger partial charge < -0.3 is 4.74 Å². The first-order valence-electron chi connectivity index (χ1n) is 11.8. The van der Waals surface area contributed by atoms with Gasteiger partial charge >= 0.3 is 0 Å². The van der Waals surface area contributed by atoms with Gasteiger partial charge in [0.1, 0.15) is 5.82 Å². The molecule has 0 heterocycles. The van der Waals surface area contributed by atoms with Crippen LogP contribution in [0.5, 0.6) is 0 Å². The highest BCUT2D eigenvalue weighted by molar-refractivity contribution is 5.27. The lowest BCUT2D eigenvalue weighted by atomic mass is 9.68. The molecule has 0 N–H and O–H groups in total. The van der Waals surface area contributed by atoms with Crippen molar-refractivity contribution in [2.24, 2.45) is 17.8 Å². The third kappa shape index (κ3) is 6.54. The van der Waals surface area contributed by atoms with Crippen LogP contribution in [-0.4, -0.2) is 6.61 Å². The number of hydrogen-bond donors (Lipinski definition) is 0. The summed E-state index contributed by atoms with van der Waals surface area (Å²) in [5.74, 6) is 3.07. The standard InChI is InChI=1S/C27H39FO/c1-3-5-6-18-29-20-26-17-16-25(19-27(26)28)24-14-12-23(13-15-24)22-10-8-21(7-4-2)9-11-22/h4-7,16-17,19,21-24H,3,8-15,18,20H2,1-2H3/b6-5?,7-4+/t21-,22-,23?,24?. The highest BCUT2D eigenvalue weighted by Gasteiger charge is 2.30. The average molecular weight is 399 g/mol. The molecule has 2 fully saturated rings. The molecule has 2 saturated carbocycles. The lowest BCUT2D eigenvalue weighted by Crippen LogP contribution is -2.25. The molecule has 0 atom stereocenters. The van der Waals surface area contributed by atoms with Crippen molar-refractivity contribution < 1.29 is 9.13 Å². The Balaban J connectivity index is 1.45. The van der Waals surface area contributed by atoms with Crippen LogP contribution in [0.1, 0.15) is 88.7 Å². The molecule has 1 nitrogen and oxygen atoms in total. The largest absolute Gasteiger partial charge is 0.373 e. The number of rotatable bonds is 8. The van der Waals surface area contributed by atoms with Gasteiger partial charge in [0, 0.05) is 5.56 Å². The molecular formula is C27H39FO. The van der Waals surface area contributed by atoms with Crippen LogP contribution in [-0.2, 0) is 11.3 Å². The zero-order valence-electron chi connectivity index (χ0n) is 18.4. The van der Waals surface area contributed by atoms with Crippen LogP contribution < -0.4 is 0 Å². The van der Waals surface area contributed by atoms with Crippen LogP contribution >= 0.6 is 0 Å². The highest BCUT2D eigenvalue weighted by Crippen LogP contribution is 2.44.